The molecule has 2 aliphatic rings. The Balaban J connectivity index is 1.61. The first-order valence-electron chi connectivity index (χ1n) is 10.6. The quantitative estimate of drug-likeness (QED) is 0.534. The first-order valence-corrected chi connectivity index (χ1v) is 10.6. The van der Waals surface area contributed by atoms with Gasteiger partial charge in [0.05, 0.1) is 19.3 Å². The molecule has 0 bridgehead atoms. The predicted octanol–water partition coefficient (Wildman–Crippen LogP) is 3.51. The highest BCUT2D eigenvalue weighted by Gasteiger charge is 2.35. The largest absolute Gasteiger partial charge is 0.474 e. The van der Waals surface area contributed by atoms with E-state index in [4.69, 9.17) is 15.2 Å². The molecular formula is C23H25N5O4. The van der Waals surface area contributed by atoms with Crippen LogP contribution in [0.2, 0.25) is 0 Å². The third-order valence-corrected chi connectivity index (χ3v) is 6.22. The summed E-state index contributed by atoms with van der Waals surface area (Å²) < 4.78 is 11.1. The number of amides is 1. The van der Waals surface area contributed by atoms with Crippen LogP contribution in [-0.4, -0.2) is 53.6 Å². The first kappa shape index (κ1) is 20.3. The number of nitrogen functional groups attached to an aromatic ring is 1. The topological polar surface area (TPSA) is 123 Å². The Labute approximate surface area is 185 Å². The average molecular weight is 435 g/mol. The summed E-state index contributed by atoms with van der Waals surface area (Å²) in [6.45, 7) is 6.19. The second-order valence-electron chi connectivity index (χ2n) is 8.32. The molecule has 4 N–H and O–H groups in total. The molecule has 3 aromatic rings. The maximum Gasteiger partial charge on any atom is 0.413 e. The van der Waals surface area contributed by atoms with Crippen LogP contribution in [0, 0.1) is 12.8 Å². The number of nitrogens with zero attached hydrogens (tertiary/aromatic N) is 3. The molecule has 9 heteroatoms. The smallest absolute Gasteiger partial charge is 0.413 e. The molecule has 9 nitrogen and oxygen atoms in total. The molecule has 1 aromatic carbocycles. The van der Waals surface area contributed by atoms with Crippen LogP contribution >= 0.6 is 0 Å². The lowest BCUT2D eigenvalue weighted by atomic mass is 9.97. The monoisotopic (exact) mass is 435 g/mol. The number of anilines is 3. The number of hydrogen-bond acceptors (Lipinski definition) is 7. The molecule has 0 radical (unpaired) electrons. The van der Waals surface area contributed by atoms with Crippen LogP contribution in [-0.2, 0) is 4.74 Å². The van der Waals surface area contributed by atoms with Gasteiger partial charge in [0.15, 0.2) is 0 Å². The molecule has 5 rings (SSSR count). The van der Waals surface area contributed by atoms with Crippen molar-refractivity contribution in [2.24, 2.45) is 5.92 Å². The number of ether oxygens (including phenoxy) is 2. The van der Waals surface area contributed by atoms with Crippen molar-refractivity contribution < 1.29 is 19.4 Å². The molecule has 1 amide bonds. The summed E-state index contributed by atoms with van der Waals surface area (Å²) >= 11 is 0. The van der Waals surface area contributed by atoms with E-state index >= 15 is 0 Å². The highest BCUT2D eigenvalue weighted by atomic mass is 16.5. The second-order valence-corrected chi connectivity index (χ2v) is 8.32. The average Bonchev–Trinajstić information content (AvgIpc) is 3.19. The van der Waals surface area contributed by atoms with Crippen LogP contribution in [0.4, 0.5) is 22.0 Å². The second kappa shape index (κ2) is 7.83. The van der Waals surface area contributed by atoms with E-state index in [9.17, 15) is 9.90 Å². The summed E-state index contributed by atoms with van der Waals surface area (Å²) in [5.74, 6) is 1.04. The number of hydrogen-bond donors (Lipinski definition) is 3. The number of carboxylic acid groups (broad SMARTS) is 1. The van der Waals surface area contributed by atoms with Gasteiger partial charge in [0.2, 0.25) is 5.88 Å². The van der Waals surface area contributed by atoms with E-state index in [1.54, 1.807) is 18.5 Å². The maximum absolute atomic E-state index is 12.1. The third-order valence-electron chi connectivity index (χ3n) is 6.22. The van der Waals surface area contributed by atoms with E-state index in [-0.39, 0.29) is 12.0 Å². The van der Waals surface area contributed by atoms with Gasteiger partial charge in [-0.1, -0.05) is 6.92 Å². The van der Waals surface area contributed by atoms with Crippen LogP contribution in [0.3, 0.4) is 0 Å². The molecule has 2 unspecified atom stereocenters. The van der Waals surface area contributed by atoms with Gasteiger partial charge in [0.25, 0.3) is 0 Å². The minimum absolute atomic E-state index is 0.0824. The van der Waals surface area contributed by atoms with Crippen molar-refractivity contribution in [3.05, 3.63) is 36.2 Å². The van der Waals surface area contributed by atoms with Gasteiger partial charge in [-0.3, -0.25) is 4.90 Å². The summed E-state index contributed by atoms with van der Waals surface area (Å²) in [5.41, 5.74) is 10.7. The Morgan fingerprint density at radius 1 is 1.25 bits per heavy atom. The zero-order valence-electron chi connectivity index (χ0n) is 18.0. The van der Waals surface area contributed by atoms with Gasteiger partial charge >= 0.3 is 6.09 Å². The minimum atomic E-state index is -1.05. The van der Waals surface area contributed by atoms with E-state index in [0.717, 1.165) is 39.7 Å². The van der Waals surface area contributed by atoms with Crippen LogP contribution in [0.5, 0.6) is 5.88 Å². The molecule has 1 fully saturated rings. The van der Waals surface area contributed by atoms with Crippen LogP contribution in [0.25, 0.3) is 21.9 Å². The van der Waals surface area contributed by atoms with E-state index in [1.165, 1.54) is 4.90 Å². The number of nitrogens with two attached hydrogens (primary N) is 1. The molecule has 2 atom stereocenters. The molecule has 0 aliphatic carbocycles. The summed E-state index contributed by atoms with van der Waals surface area (Å²) in [7, 11) is 0. The van der Waals surface area contributed by atoms with E-state index in [0.29, 0.717) is 37.2 Å². The highest BCUT2D eigenvalue weighted by molar-refractivity contribution is 5.99. The Hall–Kier alpha value is -3.59. The number of aromatic nitrogens is 2. The number of benzene rings is 1. The van der Waals surface area contributed by atoms with Crippen LogP contribution in [0.15, 0.2) is 30.6 Å². The SMILES string of the molecule is Cc1c(-c2cc(N)c3cnc(N(C(=O)O)C4COCC4C)cc3c2)cnc2c1NCCO2. The number of nitrogens with one attached hydrogen (secondary N) is 1. The molecule has 4 heterocycles. The number of carbonyl (C=O) groups is 1. The van der Waals surface area contributed by atoms with Gasteiger partial charge in [-0.15, -0.1) is 0 Å². The van der Waals surface area contributed by atoms with Crippen molar-refractivity contribution in [2.75, 3.05) is 42.3 Å². The summed E-state index contributed by atoms with van der Waals surface area (Å²) in [6.07, 6.45) is 2.36. The van der Waals surface area contributed by atoms with Gasteiger partial charge in [-0.05, 0) is 41.6 Å². The van der Waals surface area contributed by atoms with Gasteiger partial charge < -0.3 is 25.6 Å². The number of fused-ring (bicyclic) bond motifs is 2. The summed E-state index contributed by atoms with van der Waals surface area (Å²) in [5, 5.41) is 14.8. The van der Waals surface area contributed by atoms with Crippen molar-refractivity contribution in [3.63, 3.8) is 0 Å². The molecule has 2 aromatic heterocycles. The van der Waals surface area contributed by atoms with Crippen molar-refractivity contribution in [3.8, 4) is 17.0 Å². The number of rotatable bonds is 3. The van der Waals surface area contributed by atoms with E-state index < -0.39 is 6.09 Å². The summed E-state index contributed by atoms with van der Waals surface area (Å²) in [4.78, 5) is 22.3. The Bertz CT molecular complexity index is 1210. The molecule has 1 saturated heterocycles. The van der Waals surface area contributed by atoms with Gasteiger partial charge in [-0.25, -0.2) is 14.8 Å². The fraction of sp³-hybridized carbons (Fsp3) is 0.348. The Morgan fingerprint density at radius 3 is 2.84 bits per heavy atom. The summed E-state index contributed by atoms with van der Waals surface area (Å²) in [6, 6.07) is 5.38. The van der Waals surface area contributed by atoms with Gasteiger partial charge in [0, 0.05) is 41.5 Å². The van der Waals surface area contributed by atoms with Crippen molar-refractivity contribution in [1.82, 2.24) is 9.97 Å². The zero-order valence-corrected chi connectivity index (χ0v) is 18.0. The van der Waals surface area contributed by atoms with E-state index in [1.807, 2.05) is 26.0 Å². The molecule has 2 aliphatic heterocycles. The first-order chi connectivity index (χ1) is 15.4. The Kier molecular flexibility index (Phi) is 4.97. The lowest BCUT2D eigenvalue weighted by molar-refractivity contribution is 0.181. The normalized spacial score (nSPS) is 19.8. The molecule has 166 valence electrons. The van der Waals surface area contributed by atoms with Crippen molar-refractivity contribution in [1.29, 1.82) is 0 Å². The molecular weight excluding hydrogens is 410 g/mol. The fourth-order valence-electron chi connectivity index (χ4n) is 4.46. The highest BCUT2D eigenvalue weighted by Crippen LogP contribution is 2.38. The minimum Gasteiger partial charge on any atom is -0.474 e. The van der Waals surface area contributed by atoms with E-state index in [2.05, 4.69) is 15.3 Å². The van der Waals surface area contributed by atoms with Crippen LogP contribution < -0.4 is 20.7 Å². The lowest BCUT2D eigenvalue weighted by Crippen LogP contribution is -2.43. The standard InChI is InChI=1S/C23H25N5O4/c1-12-10-31-11-19(12)28(23(29)30)20-7-15-5-14(6-18(24)17(15)9-26-20)16-8-27-22-21(13(16)2)25-3-4-32-22/h5-9,12,19,25H,3-4,10-11,24H2,1-2H3,(H,29,30). The van der Waals surface area contributed by atoms with Crippen LogP contribution in [0.1, 0.15) is 12.5 Å². The molecule has 32 heavy (non-hydrogen) atoms. The predicted molar refractivity (Wildman–Crippen MR) is 122 cm³/mol. The van der Waals surface area contributed by atoms with Crippen molar-refractivity contribution >= 4 is 34.1 Å². The zero-order chi connectivity index (χ0) is 22.4. The molecule has 0 spiro atoms. The fourth-order valence-corrected chi connectivity index (χ4v) is 4.46. The molecule has 0 saturated carbocycles. The maximum atomic E-state index is 12.1. The van der Waals surface area contributed by atoms with Gasteiger partial charge in [-0.2, -0.15) is 0 Å². The lowest BCUT2D eigenvalue weighted by Gasteiger charge is -2.27. The van der Waals surface area contributed by atoms with Crippen molar-refractivity contribution in [2.45, 2.75) is 19.9 Å². The Morgan fingerprint density at radius 2 is 2.09 bits per heavy atom. The van der Waals surface area contributed by atoms with Gasteiger partial charge in [0.1, 0.15) is 18.1 Å². The third kappa shape index (κ3) is 3.34. The number of pyridine rings is 2.